The molecule has 1 amide bonds. The summed E-state index contributed by atoms with van der Waals surface area (Å²) in [6.07, 6.45) is 3.40. The maximum Gasteiger partial charge on any atom is 0.225 e. The fourth-order valence-electron chi connectivity index (χ4n) is 2.89. The second-order valence-corrected chi connectivity index (χ2v) is 6.16. The Bertz CT molecular complexity index is 476. The van der Waals surface area contributed by atoms with Gasteiger partial charge < -0.3 is 15.3 Å². The number of hydrogen-bond acceptors (Lipinski definition) is 3. The van der Waals surface area contributed by atoms with Crippen LogP contribution in [0, 0.1) is 11.2 Å². The molecular formula is C17H25FN2O2. The number of carbonyl (C=O) groups is 1. The molecule has 0 saturated carbocycles. The van der Waals surface area contributed by atoms with Crippen LogP contribution < -0.4 is 5.32 Å². The van der Waals surface area contributed by atoms with E-state index in [1.807, 2.05) is 0 Å². The van der Waals surface area contributed by atoms with Crippen molar-refractivity contribution in [1.82, 2.24) is 4.90 Å². The van der Waals surface area contributed by atoms with Crippen LogP contribution in [0.25, 0.3) is 0 Å². The van der Waals surface area contributed by atoms with Crippen molar-refractivity contribution in [2.45, 2.75) is 32.6 Å². The Morgan fingerprint density at radius 1 is 1.32 bits per heavy atom. The monoisotopic (exact) mass is 308 g/mol. The molecule has 2 rings (SSSR count). The molecule has 0 radical (unpaired) electrons. The Morgan fingerprint density at radius 3 is 2.50 bits per heavy atom. The lowest BCUT2D eigenvalue weighted by Gasteiger charge is -2.40. The Hall–Kier alpha value is -1.46. The minimum atomic E-state index is -0.311. The molecule has 1 saturated heterocycles. The minimum Gasteiger partial charge on any atom is -0.396 e. The highest BCUT2D eigenvalue weighted by Gasteiger charge is 2.32. The van der Waals surface area contributed by atoms with Gasteiger partial charge in [0.25, 0.3) is 0 Å². The second-order valence-electron chi connectivity index (χ2n) is 6.16. The predicted octanol–water partition coefficient (Wildman–Crippen LogP) is 2.64. The second kappa shape index (κ2) is 7.70. The number of anilines is 1. The normalized spacial score (nSPS) is 18.1. The first kappa shape index (κ1) is 16.9. The van der Waals surface area contributed by atoms with Crippen molar-refractivity contribution in [3.63, 3.8) is 0 Å². The van der Waals surface area contributed by atoms with Gasteiger partial charge in [-0.3, -0.25) is 4.79 Å². The average Bonchev–Trinajstić information content (AvgIpc) is 2.56. The third kappa shape index (κ3) is 4.52. The number of piperidine rings is 1. The molecule has 2 N–H and O–H groups in total. The maximum absolute atomic E-state index is 12.8. The summed E-state index contributed by atoms with van der Waals surface area (Å²) in [5.74, 6) is -0.365. The molecule has 0 bridgehead atoms. The first-order valence-corrected chi connectivity index (χ1v) is 7.95. The number of rotatable bonds is 6. The molecule has 4 nitrogen and oxygen atoms in total. The van der Waals surface area contributed by atoms with Crippen LogP contribution >= 0.6 is 0 Å². The van der Waals surface area contributed by atoms with Gasteiger partial charge in [-0.1, -0.05) is 6.92 Å². The molecule has 5 heteroatoms. The first-order valence-electron chi connectivity index (χ1n) is 7.95. The van der Waals surface area contributed by atoms with Gasteiger partial charge in [-0.2, -0.15) is 0 Å². The van der Waals surface area contributed by atoms with Gasteiger partial charge in [0.1, 0.15) is 5.82 Å². The lowest BCUT2D eigenvalue weighted by Crippen LogP contribution is -2.42. The highest BCUT2D eigenvalue weighted by Crippen LogP contribution is 2.34. The molecule has 0 aromatic heterocycles. The fraction of sp³-hybridized carbons (Fsp3) is 0.588. The van der Waals surface area contributed by atoms with Gasteiger partial charge in [0.05, 0.1) is 0 Å². The Balaban J connectivity index is 1.72. The number of carbonyl (C=O) groups excluding carboxylic acids is 1. The SMILES string of the molecule is CCC1(CO)CCN(CCC(=O)Nc2ccc(F)cc2)CC1. The number of aliphatic hydroxyl groups excluding tert-OH is 1. The maximum atomic E-state index is 12.8. The summed E-state index contributed by atoms with van der Waals surface area (Å²) in [5, 5.41) is 12.3. The fourth-order valence-corrected chi connectivity index (χ4v) is 2.89. The van der Waals surface area contributed by atoms with E-state index in [1.54, 1.807) is 12.1 Å². The van der Waals surface area contributed by atoms with Crippen LogP contribution in [0.15, 0.2) is 24.3 Å². The van der Waals surface area contributed by atoms with Crippen LogP contribution in [0.1, 0.15) is 32.6 Å². The molecule has 1 aromatic carbocycles. The van der Waals surface area contributed by atoms with Crippen LogP contribution in [0.5, 0.6) is 0 Å². The van der Waals surface area contributed by atoms with Crippen LogP contribution in [0.3, 0.4) is 0 Å². The van der Waals surface area contributed by atoms with Gasteiger partial charge in [-0.05, 0) is 62.0 Å². The summed E-state index contributed by atoms with van der Waals surface area (Å²) in [6, 6.07) is 5.79. The van der Waals surface area contributed by atoms with Crippen LogP contribution in [-0.2, 0) is 4.79 Å². The number of nitrogens with one attached hydrogen (secondary N) is 1. The zero-order chi connectivity index (χ0) is 16.0. The van der Waals surface area contributed by atoms with E-state index in [2.05, 4.69) is 17.1 Å². The zero-order valence-corrected chi connectivity index (χ0v) is 13.1. The number of aliphatic hydroxyl groups is 1. The lowest BCUT2D eigenvalue weighted by molar-refractivity contribution is -0.116. The number of hydrogen-bond donors (Lipinski definition) is 2. The molecule has 1 aliphatic heterocycles. The van der Waals surface area contributed by atoms with Crippen LogP contribution in [0.4, 0.5) is 10.1 Å². The molecular weight excluding hydrogens is 283 g/mol. The van der Waals surface area contributed by atoms with Crippen molar-refractivity contribution >= 4 is 11.6 Å². The average molecular weight is 308 g/mol. The van der Waals surface area contributed by atoms with E-state index < -0.39 is 0 Å². The number of nitrogens with zero attached hydrogens (tertiary/aromatic N) is 1. The molecule has 1 heterocycles. The van der Waals surface area contributed by atoms with E-state index in [9.17, 15) is 14.3 Å². The van der Waals surface area contributed by atoms with Crippen molar-refractivity contribution in [2.24, 2.45) is 5.41 Å². The molecule has 0 unspecified atom stereocenters. The van der Waals surface area contributed by atoms with E-state index in [0.717, 1.165) is 38.9 Å². The molecule has 1 aromatic rings. The summed E-state index contributed by atoms with van der Waals surface area (Å²) in [4.78, 5) is 14.2. The largest absolute Gasteiger partial charge is 0.396 e. The van der Waals surface area contributed by atoms with Crippen molar-refractivity contribution in [3.05, 3.63) is 30.1 Å². The number of likely N-dealkylation sites (tertiary alicyclic amines) is 1. The third-order valence-corrected chi connectivity index (χ3v) is 4.79. The van der Waals surface area contributed by atoms with Crippen LogP contribution in [-0.4, -0.2) is 42.2 Å². The summed E-state index contributed by atoms with van der Waals surface area (Å²) >= 11 is 0. The standard InChI is InChI=1S/C17H25FN2O2/c1-2-17(13-21)8-11-20(12-9-17)10-7-16(22)19-15-5-3-14(18)4-6-15/h3-6,21H,2,7-13H2,1H3,(H,19,22). The van der Waals surface area contributed by atoms with Gasteiger partial charge in [-0.15, -0.1) is 0 Å². The first-order chi connectivity index (χ1) is 10.6. The van der Waals surface area contributed by atoms with Gasteiger partial charge >= 0.3 is 0 Å². The molecule has 122 valence electrons. The topological polar surface area (TPSA) is 52.6 Å². The van der Waals surface area contributed by atoms with E-state index in [4.69, 9.17) is 0 Å². The number of benzene rings is 1. The van der Waals surface area contributed by atoms with Crippen molar-refractivity contribution in [3.8, 4) is 0 Å². The van der Waals surface area contributed by atoms with E-state index in [0.29, 0.717) is 12.1 Å². The van der Waals surface area contributed by atoms with Gasteiger partial charge in [0.15, 0.2) is 0 Å². The molecule has 0 atom stereocenters. The Kier molecular flexibility index (Phi) is 5.91. The molecule has 0 spiro atoms. The molecule has 0 aliphatic carbocycles. The van der Waals surface area contributed by atoms with Crippen molar-refractivity contribution in [1.29, 1.82) is 0 Å². The summed E-state index contributed by atoms with van der Waals surface area (Å²) in [5.41, 5.74) is 0.697. The zero-order valence-electron chi connectivity index (χ0n) is 13.1. The molecule has 1 fully saturated rings. The van der Waals surface area contributed by atoms with Gasteiger partial charge in [0, 0.05) is 25.3 Å². The number of halogens is 1. The summed E-state index contributed by atoms with van der Waals surface area (Å²) in [7, 11) is 0. The van der Waals surface area contributed by atoms with Crippen molar-refractivity contribution in [2.75, 3.05) is 31.6 Å². The minimum absolute atomic E-state index is 0.0545. The lowest BCUT2D eigenvalue weighted by atomic mass is 9.77. The predicted molar refractivity (Wildman–Crippen MR) is 85.1 cm³/mol. The van der Waals surface area contributed by atoms with Gasteiger partial charge in [-0.25, -0.2) is 4.39 Å². The summed E-state index contributed by atoms with van der Waals surface area (Å²) < 4.78 is 12.8. The van der Waals surface area contributed by atoms with Crippen molar-refractivity contribution < 1.29 is 14.3 Å². The highest BCUT2D eigenvalue weighted by molar-refractivity contribution is 5.90. The quantitative estimate of drug-likeness (QED) is 0.849. The molecule has 1 aliphatic rings. The van der Waals surface area contributed by atoms with E-state index in [1.165, 1.54) is 12.1 Å². The van der Waals surface area contributed by atoms with Crippen LogP contribution in [0.2, 0.25) is 0 Å². The number of amides is 1. The molecule has 22 heavy (non-hydrogen) atoms. The van der Waals surface area contributed by atoms with E-state index in [-0.39, 0.29) is 23.7 Å². The smallest absolute Gasteiger partial charge is 0.225 e. The third-order valence-electron chi connectivity index (χ3n) is 4.79. The summed E-state index contributed by atoms with van der Waals surface area (Å²) in [6.45, 7) is 4.96. The highest BCUT2D eigenvalue weighted by atomic mass is 19.1. The Labute approximate surface area is 131 Å². The van der Waals surface area contributed by atoms with Gasteiger partial charge in [0.2, 0.25) is 5.91 Å². The van der Waals surface area contributed by atoms with E-state index >= 15 is 0 Å². The Morgan fingerprint density at radius 2 is 1.95 bits per heavy atom.